The van der Waals surface area contributed by atoms with Crippen LogP contribution in [0.25, 0.3) is 0 Å². The summed E-state index contributed by atoms with van der Waals surface area (Å²) in [7, 11) is -3.57. The van der Waals surface area contributed by atoms with E-state index in [-0.39, 0.29) is 16.2 Å². The van der Waals surface area contributed by atoms with Gasteiger partial charge in [0.2, 0.25) is 15.8 Å². The van der Waals surface area contributed by atoms with E-state index in [0.717, 1.165) is 19.3 Å². The summed E-state index contributed by atoms with van der Waals surface area (Å²) in [5.74, 6) is -0.363. The lowest BCUT2D eigenvalue weighted by molar-refractivity contribution is 0.0318. The van der Waals surface area contributed by atoms with Crippen LogP contribution in [0.2, 0.25) is 0 Å². The zero-order chi connectivity index (χ0) is 22.4. The van der Waals surface area contributed by atoms with Crippen molar-refractivity contribution in [2.75, 3.05) is 19.7 Å². The Balaban J connectivity index is 1.64. The van der Waals surface area contributed by atoms with E-state index in [9.17, 15) is 18.0 Å². The lowest BCUT2D eigenvalue weighted by atomic mass is 10.1. The molecule has 0 spiro atoms. The molecule has 1 saturated heterocycles. The molecule has 3 rings (SSSR count). The van der Waals surface area contributed by atoms with Gasteiger partial charge in [-0.25, -0.2) is 13.2 Å². The zero-order valence-electron chi connectivity index (χ0n) is 17.7. The van der Waals surface area contributed by atoms with Gasteiger partial charge in [-0.1, -0.05) is 6.42 Å². The fraction of sp³-hybridized carbons (Fsp3) is 0.391. The number of Topliss-reactive ketones (excluding diaryl/α,β-unsaturated/α-hetero) is 1. The molecule has 31 heavy (non-hydrogen) atoms. The summed E-state index contributed by atoms with van der Waals surface area (Å²) < 4.78 is 37.5. The second-order valence-electron chi connectivity index (χ2n) is 7.36. The predicted octanol–water partition coefficient (Wildman–Crippen LogP) is 3.69. The first-order valence-corrected chi connectivity index (χ1v) is 11.8. The fourth-order valence-electron chi connectivity index (χ4n) is 3.42. The van der Waals surface area contributed by atoms with E-state index in [4.69, 9.17) is 9.47 Å². The highest BCUT2D eigenvalue weighted by atomic mass is 32.2. The minimum absolute atomic E-state index is 0.143. The van der Waals surface area contributed by atoms with Gasteiger partial charge in [-0.3, -0.25) is 4.79 Å². The summed E-state index contributed by atoms with van der Waals surface area (Å²) in [4.78, 5) is 25.1. The van der Waals surface area contributed by atoms with E-state index in [1.807, 2.05) is 6.92 Å². The maximum atomic E-state index is 12.7. The van der Waals surface area contributed by atoms with Crippen LogP contribution in [0, 0.1) is 0 Å². The molecule has 8 heteroatoms. The smallest absolute Gasteiger partial charge is 0.338 e. The number of rotatable bonds is 8. The van der Waals surface area contributed by atoms with Crippen LogP contribution >= 0.6 is 0 Å². The predicted molar refractivity (Wildman–Crippen MR) is 116 cm³/mol. The maximum absolute atomic E-state index is 12.7. The molecule has 7 nitrogen and oxygen atoms in total. The van der Waals surface area contributed by atoms with Crippen LogP contribution in [0.4, 0.5) is 0 Å². The molecular weight excluding hydrogens is 418 g/mol. The van der Waals surface area contributed by atoms with Crippen molar-refractivity contribution in [3.8, 4) is 5.75 Å². The lowest BCUT2D eigenvalue weighted by Crippen LogP contribution is -2.35. The average molecular weight is 446 g/mol. The summed E-state index contributed by atoms with van der Waals surface area (Å²) in [6.07, 6.45) is 1.75. The number of carbonyl (C=O) groups excluding carboxylic acids is 2. The molecule has 1 atom stereocenters. The molecule has 1 fully saturated rings. The Morgan fingerprint density at radius 1 is 0.935 bits per heavy atom. The van der Waals surface area contributed by atoms with Gasteiger partial charge in [0.1, 0.15) is 5.75 Å². The number of esters is 1. The summed E-state index contributed by atoms with van der Waals surface area (Å²) >= 11 is 0. The average Bonchev–Trinajstić information content (AvgIpc) is 2.80. The molecule has 0 unspecified atom stereocenters. The van der Waals surface area contributed by atoms with Crippen LogP contribution in [0.3, 0.4) is 0 Å². The summed E-state index contributed by atoms with van der Waals surface area (Å²) in [6, 6.07) is 12.2. The molecule has 1 aliphatic rings. The van der Waals surface area contributed by atoms with Crippen LogP contribution in [0.5, 0.6) is 5.75 Å². The van der Waals surface area contributed by atoms with E-state index in [2.05, 4.69) is 0 Å². The largest absolute Gasteiger partial charge is 0.494 e. The summed E-state index contributed by atoms with van der Waals surface area (Å²) in [5.41, 5.74) is 0.593. The van der Waals surface area contributed by atoms with Crippen molar-refractivity contribution in [3.05, 3.63) is 59.7 Å². The molecule has 0 amide bonds. The number of ketones is 1. The highest BCUT2D eigenvalue weighted by molar-refractivity contribution is 7.89. The number of carbonyl (C=O) groups is 2. The molecule has 0 bridgehead atoms. The Morgan fingerprint density at radius 2 is 1.52 bits per heavy atom. The monoisotopic (exact) mass is 445 g/mol. The van der Waals surface area contributed by atoms with Crippen LogP contribution in [-0.4, -0.2) is 50.3 Å². The fourth-order valence-corrected chi connectivity index (χ4v) is 4.93. The number of piperidine rings is 1. The molecule has 0 radical (unpaired) electrons. The van der Waals surface area contributed by atoms with Crippen molar-refractivity contribution < 1.29 is 27.5 Å². The van der Waals surface area contributed by atoms with Crippen LogP contribution in [0.15, 0.2) is 53.4 Å². The van der Waals surface area contributed by atoms with Crippen LogP contribution in [-0.2, 0) is 14.8 Å². The molecule has 0 aromatic heterocycles. The van der Waals surface area contributed by atoms with Gasteiger partial charge in [0.25, 0.3) is 0 Å². The van der Waals surface area contributed by atoms with E-state index in [1.54, 1.807) is 24.3 Å². The third kappa shape index (κ3) is 5.51. The number of ether oxygens (including phenoxy) is 2. The van der Waals surface area contributed by atoms with Crippen molar-refractivity contribution in [1.29, 1.82) is 0 Å². The van der Waals surface area contributed by atoms with E-state index in [1.165, 1.54) is 35.5 Å². The Morgan fingerprint density at radius 3 is 2.10 bits per heavy atom. The maximum Gasteiger partial charge on any atom is 0.338 e. The molecular formula is C23H27NO6S. The highest BCUT2D eigenvalue weighted by Crippen LogP contribution is 2.21. The molecule has 1 aliphatic heterocycles. The van der Waals surface area contributed by atoms with Gasteiger partial charge in [-0.05, 0) is 75.2 Å². The Labute approximate surface area is 183 Å². The molecule has 2 aromatic rings. The van der Waals surface area contributed by atoms with Crippen molar-refractivity contribution in [2.24, 2.45) is 0 Å². The number of sulfonamides is 1. The number of hydrogen-bond donors (Lipinski definition) is 0. The molecule has 0 N–H and O–H groups in total. The van der Waals surface area contributed by atoms with Gasteiger partial charge < -0.3 is 9.47 Å². The van der Waals surface area contributed by atoms with Gasteiger partial charge in [-0.2, -0.15) is 4.31 Å². The van der Waals surface area contributed by atoms with E-state index >= 15 is 0 Å². The van der Waals surface area contributed by atoms with E-state index in [0.29, 0.717) is 31.0 Å². The molecule has 2 aromatic carbocycles. The van der Waals surface area contributed by atoms with Gasteiger partial charge in [0.05, 0.1) is 17.1 Å². The second kappa shape index (κ2) is 10.1. The number of benzene rings is 2. The van der Waals surface area contributed by atoms with Crippen molar-refractivity contribution in [2.45, 2.75) is 44.1 Å². The Hall–Kier alpha value is -2.71. The van der Waals surface area contributed by atoms with Gasteiger partial charge in [-0.15, -0.1) is 0 Å². The van der Waals surface area contributed by atoms with Crippen molar-refractivity contribution in [3.63, 3.8) is 0 Å². The number of nitrogens with zero attached hydrogens (tertiary/aromatic N) is 1. The summed E-state index contributed by atoms with van der Waals surface area (Å²) in [6.45, 7) is 4.93. The van der Waals surface area contributed by atoms with Gasteiger partial charge >= 0.3 is 5.97 Å². The van der Waals surface area contributed by atoms with Crippen LogP contribution < -0.4 is 4.74 Å². The zero-order valence-corrected chi connectivity index (χ0v) is 18.6. The van der Waals surface area contributed by atoms with E-state index < -0.39 is 22.1 Å². The lowest BCUT2D eigenvalue weighted by Gasteiger charge is -2.25. The second-order valence-corrected chi connectivity index (χ2v) is 9.30. The van der Waals surface area contributed by atoms with Gasteiger partial charge in [0, 0.05) is 18.7 Å². The quantitative estimate of drug-likeness (QED) is 0.455. The first-order chi connectivity index (χ1) is 14.8. The summed E-state index contributed by atoms with van der Waals surface area (Å²) in [5, 5.41) is 0. The van der Waals surface area contributed by atoms with Crippen molar-refractivity contribution in [1.82, 2.24) is 4.31 Å². The minimum atomic E-state index is -3.57. The van der Waals surface area contributed by atoms with Crippen LogP contribution in [0.1, 0.15) is 53.8 Å². The minimum Gasteiger partial charge on any atom is -0.494 e. The highest BCUT2D eigenvalue weighted by Gasteiger charge is 2.26. The molecule has 166 valence electrons. The third-order valence-electron chi connectivity index (χ3n) is 5.15. The third-order valence-corrected chi connectivity index (χ3v) is 7.06. The molecule has 0 saturated carbocycles. The first kappa shape index (κ1) is 23.0. The molecule has 1 heterocycles. The Kier molecular flexibility index (Phi) is 7.46. The van der Waals surface area contributed by atoms with Crippen molar-refractivity contribution >= 4 is 21.8 Å². The van der Waals surface area contributed by atoms with Gasteiger partial charge in [0.15, 0.2) is 6.10 Å². The first-order valence-electron chi connectivity index (χ1n) is 10.4. The normalized spacial score (nSPS) is 15.8. The molecule has 0 aliphatic carbocycles. The number of hydrogen-bond acceptors (Lipinski definition) is 6. The topological polar surface area (TPSA) is 90.0 Å². The standard InChI is InChI=1S/C23H27NO6S/c1-3-29-20-11-7-18(8-12-20)22(25)17(2)30-23(26)19-9-13-21(14-10-19)31(27,28)24-15-5-4-6-16-24/h7-14,17H,3-6,15-16H2,1-2H3/t17-/m1/s1. The Bertz CT molecular complexity index is 1010. The SMILES string of the molecule is CCOc1ccc(C(=O)[C@@H](C)OC(=O)c2ccc(S(=O)(=O)N3CCCCC3)cc2)cc1.